The van der Waals surface area contributed by atoms with Gasteiger partial charge in [0.05, 0.1) is 0 Å². The molecule has 0 aliphatic heterocycles. The molecule has 0 saturated heterocycles. The maximum atomic E-state index is 5.59. The Bertz CT molecular complexity index is 171. The molecule has 0 heterocycles. The highest BCUT2D eigenvalue weighted by atomic mass is 14.9. The van der Waals surface area contributed by atoms with E-state index in [1.807, 2.05) is 0 Å². The van der Waals surface area contributed by atoms with Crippen LogP contribution >= 0.6 is 0 Å². The summed E-state index contributed by atoms with van der Waals surface area (Å²) in [6, 6.07) is 0. The Labute approximate surface area is 96.0 Å². The lowest BCUT2D eigenvalue weighted by Crippen LogP contribution is -2.39. The van der Waals surface area contributed by atoms with Gasteiger partial charge < -0.3 is 11.1 Å². The molecule has 15 heavy (non-hydrogen) atoms. The number of hydrogen-bond acceptors (Lipinski definition) is 2. The largest absolute Gasteiger partial charge is 0.330 e. The fraction of sp³-hybridized carbons (Fsp3) is 1.00. The Morgan fingerprint density at radius 3 is 2.00 bits per heavy atom. The van der Waals surface area contributed by atoms with Crippen molar-refractivity contribution in [1.82, 2.24) is 5.32 Å². The number of nitrogens with two attached hydrogens (primary N) is 1. The maximum absolute atomic E-state index is 5.59. The second-order valence-electron chi connectivity index (χ2n) is 6.45. The molecule has 0 spiro atoms. The van der Waals surface area contributed by atoms with Gasteiger partial charge in [0.1, 0.15) is 0 Å². The van der Waals surface area contributed by atoms with Crippen LogP contribution in [0.2, 0.25) is 0 Å². The molecule has 0 aromatic heterocycles. The van der Waals surface area contributed by atoms with Gasteiger partial charge in [-0.05, 0) is 29.7 Å². The minimum absolute atomic E-state index is 0.321. The quantitative estimate of drug-likeness (QED) is 0.684. The number of hydrogen-bond donors (Lipinski definition) is 2. The predicted octanol–water partition coefficient (Wildman–Crippen LogP) is 2.63. The second kappa shape index (κ2) is 5.86. The minimum Gasteiger partial charge on any atom is -0.330 e. The van der Waals surface area contributed by atoms with Crippen molar-refractivity contribution >= 4 is 0 Å². The summed E-state index contributed by atoms with van der Waals surface area (Å²) in [5.41, 5.74) is 6.29. The molecule has 2 nitrogen and oxygen atoms in total. The summed E-state index contributed by atoms with van der Waals surface area (Å²) in [7, 11) is 0. The van der Waals surface area contributed by atoms with E-state index in [9.17, 15) is 0 Å². The van der Waals surface area contributed by atoms with Gasteiger partial charge in [0.25, 0.3) is 0 Å². The second-order valence-corrected chi connectivity index (χ2v) is 6.45. The van der Waals surface area contributed by atoms with Gasteiger partial charge in [-0.15, -0.1) is 0 Å². The van der Waals surface area contributed by atoms with Crippen molar-refractivity contribution in [3.8, 4) is 0 Å². The van der Waals surface area contributed by atoms with Gasteiger partial charge >= 0.3 is 0 Å². The van der Waals surface area contributed by atoms with E-state index >= 15 is 0 Å². The van der Waals surface area contributed by atoms with Crippen LogP contribution < -0.4 is 11.1 Å². The standard InChI is InChI=1S/C13H30N2/c1-11(2)13(5,6)10-15-9-12(3,4)7-8-14/h11,15H,7-10,14H2,1-6H3. The van der Waals surface area contributed by atoms with Crippen LogP contribution in [0, 0.1) is 16.7 Å². The molecule has 0 aliphatic carbocycles. The Balaban J connectivity index is 3.88. The van der Waals surface area contributed by atoms with Crippen LogP contribution in [0.25, 0.3) is 0 Å². The summed E-state index contributed by atoms with van der Waals surface area (Å²) in [5, 5.41) is 3.58. The smallest absolute Gasteiger partial charge is 0.000519 e. The molecule has 0 aromatic carbocycles. The van der Waals surface area contributed by atoms with E-state index in [0.717, 1.165) is 26.1 Å². The Morgan fingerprint density at radius 1 is 1.07 bits per heavy atom. The average molecular weight is 214 g/mol. The summed E-state index contributed by atoms with van der Waals surface area (Å²) in [5.74, 6) is 0.711. The first-order chi connectivity index (χ1) is 6.71. The van der Waals surface area contributed by atoms with E-state index in [1.165, 1.54) is 0 Å². The molecule has 0 unspecified atom stereocenters. The molecule has 0 atom stereocenters. The van der Waals surface area contributed by atoms with E-state index in [4.69, 9.17) is 5.73 Å². The van der Waals surface area contributed by atoms with Crippen molar-refractivity contribution in [2.45, 2.75) is 48.0 Å². The van der Waals surface area contributed by atoms with Crippen LogP contribution in [0.4, 0.5) is 0 Å². The van der Waals surface area contributed by atoms with Crippen molar-refractivity contribution in [3.05, 3.63) is 0 Å². The SMILES string of the molecule is CC(C)C(C)(C)CNCC(C)(C)CCN. The molecule has 0 amide bonds. The van der Waals surface area contributed by atoms with Gasteiger partial charge in [-0.3, -0.25) is 0 Å². The topological polar surface area (TPSA) is 38.0 Å². The lowest BCUT2D eigenvalue weighted by Gasteiger charge is -2.32. The third-order valence-electron chi connectivity index (χ3n) is 3.57. The van der Waals surface area contributed by atoms with E-state index in [-0.39, 0.29) is 0 Å². The number of nitrogens with one attached hydrogen (secondary N) is 1. The molecule has 0 saturated carbocycles. The molecule has 0 radical (unpaired) electrons. The van der Waals surface area contributed by atoms with Crippen molar-refractivity contribution in [3.63, 3.8) is 0 Å². The first-order valence-corrected chi connectivity index (χ1v) is 6.12. The van der Waals surface area contributed by atoms with Crippen LogP contribution in [-0.2, 0) is 0 Å². The van der Waals surface area contributed by atoms with Crippen molar-refractivity contribution < 1.29 is 0 Å². The fourth-order valence-corrected chi connectivity index (χ4v) is 1.41. The highest BCUT2D eigenvalue weighted by Gasteiger charge is 2.23. The zero-order valence-corrected chi connectivity index (χ0v) is 11.5. The minimum atomic E-state index is 0.321. The summed E-state index contributed by atoms with van der Waals surface area (Å²) in [6.45, 7) is 16.7. The van der Waals surface area contributed by atoms with Crippen LogP contribution in [0.3, 0.4) is 0 Å². The van der Waals surface area contributed by atoms with Gasteiger partial charge in [0.2, 0.25) is 0 Å². The molecule has 0 rings (SSSR count). The van der Waals surface area contributed by atoms with Gasteiger partial charge in [-0.2, -0.15) is 0 Å². The molecule has 3 N–H and O–H groups in total. The normalized spacial score (nSPS) is 13.6. The summed E-state index contributed by atoms with van der Waals surface area (Å²) in [4.78, 5) is 0. The number of rotatable bonds is 7. The van der Waals surface area contributed by atoms with Crippen molar-refractivity contribution in [2.75, 3.05) is 19.6 Å². The molecular weight excluding hydrogens is 184 g/mol. The highest BCUT2D eigenvalue weighted by Crippen LogP contribution is 2.25. The summed E-state index contributed by atoms with van der Waals surface area (Å²) >= 11 is 0. The van der Waals surface area contributed by atoms with E-state index in [0.29, 0.717) is 16.7 Å². The van der Waals surface area contributed by atoms with Crippen LogP contribution in [0.1, 0.15) is 48.0 Å². The summed E-state index contributed by atoms with van der Waals surface area (Å²) in [6.07, 6.45) is 1.09. The lowest BCUT2D eigenvalue weighted by atomic mass is 9.80. The zero-order valence-electron chi connectivity index (χ0n) is 11.5. The van der Waals surface area contributed by atoms with E-state index < -0.39 is 0 Å². The Morgan fingerprint density at radius 2 is 1.60 bits per heavy atom. The fourth-order valence-electron chi connectivity index (χ4n) is 1.41. The van der Waals surface area contributed by atoms with Gasteiger partial charge in [-0.1, -0.05) is 41.5 Å². The first-order valence-electron chi connectivity index (χ1n) is 6.12. The van der Waals surface area contributed by atoms with E-state index in [1.54, 1.807) is 0 Å². The lowest BCUT2D eigenvalue weighted by molar-refractivity contribution is 0.218. The predicted molar refractivity (Wildman–Crippen MR) is 68.9 cm³/mol. The Kier molecular flexibility index (Phi) is 5.82. The molecule has 0 fully saturated rings. The van der Waals surface area contributed by atoms with E-state index in [2.05, 4.69) is 46.9 Å². The molecule has 92 valence electrons. The van der Waals surface area contributed by atoms with Gasteiger partial charge in [0, 0.05) is 13.1 Å². The summed E-state index contributed by atoms with van der Waals surface area (Å²) < 4.78 is 0. The zero-order chi connectivity index (χ0) is 12.1. The maximum Gasteiger partial charge on any atom is 0.000519 e. The third kappa shape index (κ3) is 6.16. The highest BCUT2D eigenvalue weighted by molar-refractivity contribution is 4.78. The van der Waals surface area contributed by atoms with Gasteiger partial charge in [-0.25, -0.2) is 0 Å². The molecule has 0 bridgehead atoms. The molecule has 0 aromatic rings. The van der Waals surface area contributed by atoms with Crippen molar-refractivity contribution in [2.24, 2.45) is 22.5 Å². The first kappa shape index (κ1) is 14.9. The monoisotopic (exact) mass is 214 g/mol. The average Bonchev–Trinajstić information content (AvgIpc) is 2.02. The third-order valence-corrected chi connectivity index (χ3v) is 3.57. The molecule has 2 heteroatoms. The van der Waals surface area contributed by atoms with Crippen molar-refractivity contribution in [1.29, 1.82) is 0 Å². The van der Waals surface area contributed by atoms with Crippen LogP contribution in [-0.4, -0.2) is 19.6 Å². The molecule has 0 aliphatic rings. The van der Waals surface area contributed by atoms with Crippen LogP contribution in [0.15, 0.2) is 0 Å². The van der Waals surface area contributed by atoms with Gasteiger partial charge in [0.15, 0.2) is 0 Å². The van der Waals surface area contributed by atoms with Crippen LogP contribution in [0.5, 0.6) is 0 Å². The molecular formula is C13H30N2. The Hall–Kier alpha value is -0.0800.